The van der Waals surface area contributed by atoms with E-state index in [1.807, 2.05) is 6.92 Å². The summed E-state index contributed by atoms with van der Waals surface area (Å²) in [6.07, 6.45) is 1.66. The van der Waals surface area contributed by atoms with E-state index in [-0.39, 0.29) is 11.9 Å². The van der Waals surface area contributed by atoms with Gasteiger partial charge in [-0.3, -0.25) is 0 Å². The Bertz CT molecular complexity index is 285. The van der Waals surface area contributed by atoms with Crippen molar-refractivity contribution < 1.29 is 18.3 Å². The van der Waals surface area contributed by atoms with Crippen molar-refractivity contribution in [2.45, 2.75) is 31.4 Å². The monoisotopic (exact) mass is 251 g/mol. The number of hydrogen-bond acceptors (Lipinski definition) is 4. The Morgan fingerprint density at radius 1 is 1.38 bits per heavy atom. The molecule has 1 N–H and O–H groups in total. The number of aliphatic hydroxyl groups excluding tert-OH is 1. The third kappa shape index (κ3) is 3.41. The van der Waals surface area contributed by atoms with E-state index in [0.717, 1.165) is 0 Å². The molecule has 6 heteroatoms. The number of sulfonamides is 1. The van der Waals surface area contributed by atoms with Crippen molar-refractivity contribution in [3.05, 3.63) is 0 Å². The smallest absolute Gasteiger partial charge is 0.217 e. The molecule has 96 valence electrons. The van der Waals surface area contributed by atoms with E-state index in [0.29, 0.717) is 45.6 Å². The summed E-state index contributed by atoms with van der Waals surface area (Å²) in [6, 6.07) is 0. The van der Waals surface area contributed by atoms with Crippen LogP contribution in [0.25, 0.3) is 0 Å². The van der Waals surface area contributed by atoms with E-state index in [9.17, 15) is 8.42 Å². The first-order valence-corrected chi connectivity index (χ1v) is 7.30. The van der Waals surface area contributed by atoms with E-state index in [2.05, 4.69) is 0 Å². The Kier molecular flexibility index (Phi) is 5.68. The maximum Gasteiger partial charge on any atom is 0.217 e. The van der Waals surface area contributed by atoms with Crippen LogP contribution in [0.4, 0.5) is 0 Å². The van der Waals surface area contributed by atoms with Crippen LogP contribution in [-0.2, 0) is 14.8 Å². The van der Waals surface area contributed by atoms with Crippen molar-refractivity contribution in [1.29, 1.82) is 0 Å². The first kappa shape index (κ1) is 13.9. The number of ether oxygens (including phenoxy) is 1. The summed E-state index contributed by atoms with van der Waals surface area (Å²) in [5, 5.41) is 8.44. The lowest BCUT2D eigenvalue weighted by Crippen LogP contribution is -2.41. The fourth-order valence-corrected chi connectivity index (χ4v) is 3.85. The lowest BCUT2D eigenvalue weighted by molar-refractivity contribution is 0.0971. The highest BCUT2D eigenvalue weighted by Gasteiger charge is 2.32. The van der Waals surface area contributed by atoms with Gasteiger partial charge in [0.25, 0.3) is 0 Å². The Morgan fingerprint density at radius 3 is 2.50 bits per heavy atom. The second-order valence-electron chi connectivity index (χ2n) is 3.93. The average Bonchev–Trinajstić information content (AvgIpc) is 2.31. The molecule has 1 heterocycles. The average molecular weight is 251 g/mol. The molecular weight excluding hydrogens is 230 g/mol. The van der Waals surface area contributed by atoms with Gasteiger partial charge < -0.3 is 9.84 Å². The predicted molar refractivity (Wildman–Crippen MR) is 61.7 cm³/mol. The van der Waals surface area contributed by atoms with Crippen LogP contribution in [0.1, 0.15) is 26.2 Å². The SMILES string of the molecule is CCN(CCCO)S(=O)(=O)C1CCOCC1. The van der Waals surface area contributed by atoms with Gasteiger partial charge in [-0.05, 0) is 19.3 Å². The fourth-order valence-electron chi connectivity index (χ4n) is 1.90. The van der Waals surface area contributed by atoms with Crippen LogP contribution in [0.3, 0.4) is 0 Å². The minimum Gasteiger partial charge on any atom is -0.396 e. The van der Waals surface area contributed by atoms with E-state index >= 15 is 0 Å². The van der Waals surface area contributed by atoms with Crippen molar-refractivity contribution in [2.24, 2.45) is 0 Å². The zero-order valence-electron chi connectivity index (χ0n) is 9.76. The molecule has 5 nitrogen and oxygen atoms in total. The molecule has 0 spiro atoms. The third-order valence-electron chi connectivity index (χ3n) is 2.87. The molecule has 0 aromatic heterocycles. The molecular formula is C10H21NO4S. The second-order valence-corrected chi connectivity index (χ2v) is 6.14. The molecule has 1 fully saturated rings. The molecule has 1 rings (SSSR count). The van der Waals surface area contributed by atoms with Crippen molar-refractivity contribution in [1.82, 2.24) is 4.31 Å². The van der Waals surface area contributed by atoms with Gasteiger partial charge in [0.1, 0.15) is 0 Å². The quantitative estimate of drug-likeness (QED) is 0.732. The summed E-state index contributed by atoms with van der Waals surface area (Å²) in [4.78, 5) is 0. The maximum absolute atomic E-state index is 12.2. The van der Waals surface area contributed by atoms with Crippen LogP contribution in [0.5, 0.6) is 0 Å². The summed E-state index contributed by atoms with van der Waals surface area (Å²) in [6.45, 7) is 3.79. The molecule has 0 aromatic carbocycles. The molecule has 0 saturated carbocycles. The minimum absolute atomic E-state index is 0.0276. The van der Waals surface area contributed by atoms with Gasteiger partial charge in [0.05, 0.1) is 5.25 Å². The van der Waals surface area contributed by atoms with Crippen molar-refractivity contribution in [3.63, 3.8) is 0 Å². The number of rotatable bonds is 6. The molecule has 1 aliphatic heterocycles. The van der Waals surface area contributed by atoms with Crippen LogP contribution >= 0.6 is 0 Å². The molecule has 1 aliphatic rings. The summed E-state index contributed by atoms with van der Waals surface area (Å²) in [7, 11) is -3.20. The largest absolute Gasteiger partial charge is 0.396 e. The van der Waals surface area contributed by atoms with Crippen LogP contribution in [-0.4, -0.2) is 56.0 Å². The van der Waals surface area contributed by atoms with Gasteiger partial charge in [0.15, 0.2) is 0 Å². The zero-order chi connectivity index (χ0) is 12.0. The highest BCUT2D eigenvalue weighted by atomic mass is 32.2. The minimum atomic E-state index is -3.20. The Morgan fingerprint density at radius 2 is 2.00 bits per heavy atom. The third-order valence-corrected chi connectivity index (χ3v) is 5.34. The predicted octanol–water partition coefficient (Wildman–Crippen LogP) is 0.200. The summed E-state index contributed by atoms with van der Waals surface area (Å²) in [5.41, 5.74) is 0. The van der Waals surface area contributed by atoms with Crippen molar-refractivity contribution in [2.75, 3.05) is 32.9 Å². The van der Waals surface area contributed by atoms with Gasteiger partial charge >= 0.3 is 0 Å². The first-order valence-electron chi connectivity index (χ1n) is 5.80. The lowest BCUT2D eigenvalue weighted by atomic mass is 10.2. The van der Waals surface area contributed by atoms with Crippen LogP contribution in [0.15, 0.2) is 0 Å². The summed E-state index contributed by atoms with van der Waals surface area (Å²) >= 11 is 0. The molecule has 0 radical (unpaired) electrons. The Labute approximate surface area is 97.4 Å². The summed E-state index contributed by atoms with van der Waals surface area (Å²) in [5.74, 6) is 0. The van der Waals surface area contributed by atoms with Gasteiger partial charge in [-0.15, -0.1) is 0 Å². The molecule has 0 amide bonds. The van der Waals surface area contributed by atoms with E-state index in [1.165, 1.54) is 4.31 Å². The zero-order valence-corrected chi connectivity index (χ0v) is 10.6. The van der Waals surface area contributed by atoms with Gasteiger partial charge in [-0.2, -0.15) is 0 Å². The molecule has 1 saturated heterocycles. The highest BCUT2D eigenvalue weighted by Crippen LogP contribution is 2.19. The number of nitrogens with zero attached hydrogens (tertiary/aromatic N) is 1. The first-order chi connectivity index (χ1) is 7.62. The fraction of sp³-hybridized carbons (Fsp3) is 1.00. The molecule has 0 atom stereocenters. The Hall–Kier alpha value is -0.170. The highest BCUT2D eigenvalue weighted by molar-refractivity contribution is 7.89. The second kappa shape index (κ2) is 6.54. The molecule has 0 bridgehead atoms. The normalized spacial score (nSPS) is 19.2. The molecule has 16 heavy (non-hydrogen) atoms. The number of hydrogen-bond donors (Lipinski definition) is 1. The van der Waals surface area contributed by atoms with Crippen LogP contribution in [0.2, 0.25) is 0 Å². The molecule has 0 aromatic rings. The number of aliphatic hydroxyl groups is 1. The standard InChI is InChI=1S/C10H21NO4S/c1-2-11(6-3-7-12)16(13,14)10-4-8-15-9-5-10/h10,12H,2-9H2,1H3. The molecule has 0 aliphatic carbocycles. The summed E-state index contributed by atoms with van der Waals surface area (Å²) < 4.78 is 31.1. The van der Waals surface area contributed by atoms with Gasteiger partial charge in [-0.25, -0.2) is 12.7 Å². The van der Waals surface area contributed by atoms with Crippen LogP contribution in [0, 0.1) is 0 Å². The van der Waals surface area contributed by atoms with Gasteiger partial charge in [0, 0.05) is 32.9 Å². The van der Waals surface area contributed by atoms with E-state index in [1.54, 1.807) is 0 Å². The topological polar surface area (TPSA) is 66.8 Å². The van der Waals surface area contributed by atoms with E-state index in [4.69, 9.17) is 9.84 Å². The van der Waals surface area contributed by atoms with Crippen LogP contribution < -0.4 is 0 Å². The maximum atomic E-state index is 12.2. The molecule has 0 unspecified atom stereocenters. The van der Waals surface area contributed by atoms with E-state index < -0.39 is 10.0 Å². The van der Waals surface area contributed by atoms with Crippen molar-refractivity contribution >= 4 is 10.0 Å². The van der Waals surface area contributed by atoms with Crippen molar-refractivity contribution in [3.8, 4) is 0 Å². The van der Waals surface area contributed by atoms with Gasteiger partial charge in [0.2, 0.25) is 10.0 Å². The van der Waals surface area contributed by atoms with Gasteiger partial charge in [-0.1, -0.05) is 6.92 Å². The Balaban J connectivity index is 2.64. The lowest BCUT2D eigenvalue weighted by Gasteiger charge is -2.28.